The molecule has 1 spiro atoms. The molecule has 25 heavy (non-hydrogen) atoms. The number of nitrogens with one attached hydrogen (secondary N) is 1. The number of aromatic nitrogens is 1. The number of rotatable bonds is 6. The lowest BCUT2D eigenvalue weighted by molar-refractivity contribution is 0.143. The highest BCUT2D eigenvalue weighted by molar-refractivity contribution is 5.80. The summed E-state index contributed by atoms with van der Waals surface area (Å²) in [5.41, 5.74) is 1.58. The van der Waals surface area contributed by atoms with Crippen LogP contribution in [-0.2, 0) is 11.3 Å². The Kier molecular flexibility index (Phi) is 6.13. The third-order valence-electron chi connectivity index (χ3n) is 5.43. The molecule has 1 N–H and O–H groups in total. The van der Waals surface area contributed by atoms with Crippen LogP contribution in [0.15, 0.2) is 23.3 Å². The van der Waals surface area contributed by atoms with E-state index in [2.05, 4.69) is 20.2 Å². The number of guanidine groups is 1. The molecule has 0 bridgehead atoms. The van der Waals surface area contributed by atoms with Crippen LogP contribution in [0, 0.1) is 5.41 Å². The average molecular weight is 346 g/mol. The van der Waals surface area contributed by atoms with Crippen molar-refractivity contribution < 1.29 is 9.47 Å². The topological polar surface area (TPSA) is 59.0 Å². The number of aliphatic imine (C=N–C) groups is 1. The van der Waals surface area contributed by atoms with Gasteiger partial charge in [0.2, 0.25) is 5.88 Å². The molecular formula is C19H30N4O2. The highest BCUT2D eigenvalue weighted by atomic mass is 16.5. The molecule has 1 saturated heterocycles. The van der Waals surface area contributed by atoms with Crippen molar-refractivity contribution in [1.29, 1.82) is 0 Å². The van der Waals surface area contributed by atoms with Gasteiger partial charge in [0.05, 0.1) is 6.61 Å². The maximum absolute atomic E-state index is 5.72. The predicted octanol–water partition coefficient (Wildman–Crippen LogP) is 2.45. The monoisotopic (exact) mass is 346 g/mol. The van der Waals surface area contributed by atoms with Gasteiger partial charge in [0.1, 0.15) is 6.61 Å². The third-order valence-corrected chi connectivity index (χ3v) is 5.43. The maximum Gasteiger partial charge on any atom is 0.218 e. The molecule has 0 amide bonds. The van der Waals surface area contributed by atoms with Crippen molar-refractivity contribution in [3.05, 3.63) is 23.9 Å². The van der Waals surface area contributed by atoms with Crippen LogP contribution in [-0.4, -0.2) is 56.3 Å². The van der Waals surface area contributed by atoms with Crippen molar-refractivity contribution in [1.82, 2.24) is 15.2 Å². The molecule has 1 aromatic rings. The Bertz CT molecular complexity index is 585. The van der Waals surface area contributed by atoms with Crippen molar-refractivity contribution in [3.63, 3.8) is 0 Å². The quantitative estimate of drug-likeness (QED) is 0.487. The van der Waals surface area contributed by atoms with Gasteiger partial charge in [-0.3, -0.25) is 4.99 Å². The van der Waals surface area contributed by atoms with E-state index in [4.69, 9.17) is 9.47 Å². The second kappa shape index (κ2) is 8.52. The summed E-state index contributed by atoms with van der Waals surface area (Å²) in [6.07, 6.45) is 8.58. The zero-order valence-corrected chi connectivity index (χ0v) is 15.5. The first-order valence-electron chi connectivity index (χ1n) is 9.28. The second-order valence-corrected chi connectivity index (χ2v) is 7.09. The van der Waals surface area contributed by atoms with E-state index < -0.39 is 0 Å². The molecule has 3 rings (SSSR count). The molecule has 0 unspecified atom stereocenters. The van der Waals surface area contributed by atoms with E-state index >= 15 is 0 Å². The van der Waals surface area contributed by atoms with Gasteiger partial charge >= 0.3 is 0 Å². The summed E-state index contributed by atoms with van der Waals surface area (Å²) in [6.45, 7) is 3.96. The Labute approximate surface area is 150 Å². The molecule has 1 saturated carbocycles. The van der Waals surface area contributed by atoms with E-state index in [0.717, 1.165) is 24.6 Å². The van der Waals surface area contributed by atoms with Gasteiger partial charge in [-0.05, 0) is 30.7 Å². The van der Waals surface area contributed by atoms with E-state index in [0.29, 0.717) is 31.1 Å². The molecule has 6 heteroatoms. The Morgan fingerprint density at radius 1 is 1.32 bits per heavy atom. The van der Waals surface area contributed by atoms with Crippen molar-refractivity contribution in [2.24, 2.45) is 10.4 Å². The Hall–Kier alpha value is -1.82. The van der Waals surface area contributed by atoms with Crippen LogP contribution in [0.5, 0.6) is 5.88 Å². The fourth-order valence-corrected chi connectivity index (χ4v) is 4.07. The van der Waals surface area contributed by atoms with Gasteiger partial charge in [0.15, 0.2) is 5.96 Å². The number of pyridine rings is 1. The molecular weight excluding hydrogens is 316 g/mol. The summed E-state index contributed by atoms with van der Waals surface area (Å²) in [5, 5.41) is 3.49. The fraction of sp³-hybridized carbons (Fsp3) is 0.684. The molecule has 0 aromatic carbocycles. The summed E-state index contributed by atoms with van der Waals surface area (Å²) < 4.78 is 10.8. The zero-order valence-electron chi connectivity index (χ0n) is 15.5. The van der Waals surface area contributed by atoms with Gasteiger partial charge in [-0.2, -0.15) is 0 Å². The Morgan fingerprint density at radius 2 is 2.16 bits per heavy atom. The minimum Gasteiger partial charge on any atom is -0.475 e. The molecule has 138 valence electrons. The van der Waals surface area contributed by atoms with Crippen LogP contribution in [0.2, 0.25) is 0 Å². The van der Waals surface area contributed by atoms with E-state index in [9.17, 15) is 0 Å². The van der Waals surface area contributed by atoms with E-state index in [1.54, 1.807) is 13.3 Å². The predicted molar refractivity (Wildman–Crippen MR) is 98.9 cm³/mol. The number of hydrogen-bond donors (Lipinski definition) is 1. The minimum absolute atomic E-state index is 0.504. The van der Waals surface area contributed by atoms with Crippen LogP contribution in [0.1, 0.15) is 37.7 Å². The number of ether oxygens (including phenoxy) is 2. The molecule has 6 nitrogen and oxygen atoms in total. The number of methoxy groups -OCH3 is 1. The van der Waals surface area contributed by atoms with Crippen molar-refractivity contribution in [2.75, 3.05) is 40.5 Å². The SMILES string of the molecule is CN=C(NCc1cccnc1OCCOC)N1CCC2(CCCC2)C1. The summed E-state index contributed by atoms with van der Waals surface area (Å²) in [5.74, 6) is 1.65. The van der Waals surface area contributed by atoms with Crippen LogP contribution >= 0.6 is 0 Å². The van der Waals surface area contributed by atoms with Crippen LogP contribution < -0.4 is 10.1 Å². The molecule has 0 radical (unpaired) electrons. The van der Waals surface area contributed by atoms with Crippen LogP contribution in [0.25, 0.3) is 0 Å². The second-order valence-electron chi connectivity index (χ2n) is 7.09. The van der Waals surface area contributed by atoms with Gasteiger partial charge in [-0.1, -0.05) is 18.9 Å². The average Bonchev–Trinajstić information content (AvgIpc) is 3.27. The Morgan fingerprint density at radius 3 is 2.92 bits per heavy atom. The summed E-state index contributed by atoms with van der Waals surface area (Å²) in [6, 6.07) is 3.98. The maximum atomic E-state index is 5.72. The standard InChI is InChI=1S/C19H30N4O2/c1-20-18(23-11-9-19(15-23)7-3-4-8-19)22-14-16-6-5-10-21-17(16)25-13-12-24-2/h5-6,10H,3-4,7-9,11-15H2,1-2H3,(H,20,22). The Balaban J connectivity index is 1.57. The van der Waals surface area contributed by atoms with Gasteiger partial charge in [0, 0.05) is 45.6 Å². The highest BCUT2D eigenvalue weighted by Crippen LogP contribution is 2.45. The van der Waals surface area contributed by atoms with Gasteiger partial charge in [-0.15, -0.1) is 0 Å². The van der Waals surface area contributed by atoms with Crippen molar-refractivity contribution in [3.8, 4) is 5.88 Å². The smallest absolute Gasteiger partial charge is 0.218 e. The van der Waals surface area contributed by atoms with E-state index in [1.165, 1.54) is 32.1 Å². The lowest BCUT2D eigenvalue weighted by Crippen LogP contribution is -2.40. The summed E-state index contributed by atoms with van der Waals surface area (Å²) in [7, 11) is 3.53. The van der Waals surface area contributed by atoms with E-state index in [-0.39, 0.29) is 0 Å². The van der Waals surface area contributed by atoms with Gasteiger partial charge < -0.3 is 19.7 Å². The van der Waals surface area contributed by atoms with Gasteiger partial charge in [-0.25, -0.2) is 4.98 Å². The first kappa shape index (κ1) is 18.0. The fourth-order valence-electron chi connectivity index (χ4n) is 4.07. The normalized spacial score (nSPS) is 19.6. The molecule has 2 heterocycles. The summed E-state index contributed by atoms with van der Waals surface area (Å²) in [4.78, 5) is 11.2. The number of likely N-dealkylation sites (tertiary alicyclic amines) is 1. The third kappa shape index (κ3) is 4.42. The first-order valence-corrected chi connectivity index (χ1v) is 9.28. The lowest BCUT2D eigenvalue weighted by atomic mass is 9.86. The minimum atomic E-state index is 0.504. The largest absolute Gasteiger partial charge is 0.475 e. The molecule has 2 aliphatic rings. The van der Waals surface area contributed by atoms with Gasteiger partial charge in [0.25, 0.3) is 0 Å². The lowest BCUT2D eigenvalue weighted by Gasteiger charge is -2.26. The molecule has 1 aromatic heterocycles. The number of hydrogen-bond acceptors (Lipinski definition) is 4. The zero-order chi connectivity index (χ0) is 17.5. The van der Waals surface area contributed by atoms with Crippen molar-refractivity contribution in [2.45, 2.75) is 38.6 Å². The molecule has 1 aliphatic heterocycles. The van der Waals surface area contributed by atoms with Crippen molar-refractivity contribution >= 4 is 5.96 Å². The highest BCUT2D eigenvalue weighted by Gasteiger charge is 2.41. The van der Waals surface area contributed by atoms with E-state index in [1.807, 2.05) is 19.2 Å². The van der Waals surface area contributed by atoms with Crippen LogP contribution in [0.3, 0.4) is 0 Å². The molecule has 2 fully saturated rings. The molecule has 0 atom stereocenters. The first-order chi connectivity index (χ1) is 12.3. The summed E-state index contributed by atoms with van der Waals surface area (Å²) >= 11 is 0. The number of nitrogens with zero attached hydrogens (tertiary/aromatic N) is 3. The molecule has 1 aliphatic carbocycles. The van der Waals surface area contributed by atoms with Crippen LogP contribution in [0.4, 0.5) is 0 Å².